The largest absolute Gasteiger partial charge is 0.497 e. The Labute approximate surface area is 290 Å². The number of ether oxygens (including phenoxy) is 3. The number of sulfonamides is 1. The highest BCUT2D eigenvalue weighted by Gasteiger charge is 2.60. The van der Waals surface area contributed by atoms with Crippen molar-refractivity contribution in [2.45, 2.75) is 38.5 Å². The van der Waals surface area contributed by atoms with Crippen LogP contribution in [0.25, 0.3) is 0 Å². The second-order valence-electron chi connectivity index (χ2n) is 11.6. The van der Waals surface area contributed by atoms with Crippen molar-refractivity contribution in [3.8, 4) is 11.5 Å². The Morgan fingerprint density at radius 2 is 1.73 bits per heavy atom. The van der Waals surface area contributed by atoms with Crippen LogP contribution in [0.15, 0.2) is 71.7 Å². The van der Waals surface area contributed by atoms with Gasteiger partial charge >= 0.3 is 5.97 Å². The van der Waals surface area contributed by atoms with Crippen LogP contribution in [0.2, 0.25) is 10.0 Å². The number of amides is 1. The van der Waals surface area contributed by atoms with Gasteiger partial charge in [0.05, 0.1) is 37.7 Å². The summed E-state index contributed by atoms with van der Waals surface area (Å²) in [4.78, 5) is 33.4. The predicted octanol–water partition coefficient (Wildman–Crippen LogP) is 4.81. The normalized spacial score (nSPS) is 20.0. The van der Waals surface area contributed by atoms with E-state index in [9.17, 15) is 18.0 Å². The van der Waals surface area contributed by atoms with E-state index in [1.54, 1.807) is 78.6 Å². The Hall–Kier alpha value is -3.84. The topological polar surface area (TPSA) is 127 Å². The van der Waals surface area contributed by atoms with Gasteiger partial charge in [0.2, 0.25) is 21.5 Å². The SMILES string of the molecule is CCOC(=O)[C@]1(c2ccc(Cl)cc2)N=C(c2ccc(OC)cc2OC(C)C)N(S(=O)(=O)CCN2CCNC(=O)C2)[C@H]1c1ccc(Cl)cc1. The molecule has 5 rings (SSSR count). The Morgan fingerprint density at radius 1 is 1.06 bits per heavy atom. The molecule has 2 aliphatic heterocycles. The third-order valence-corrected chi connectivity index (χ3v) is 10.2. The predicted molar refractivity (Wildman–Crippen MR) is 184 cm³/mol. The average molecular weight is 718 g/mol. The van der Waals surface area contributed by atoms with Gasteiger partial charge in [0.25, 0.3) is 0 Å². The van der Waals surface area contributed by atoms with Gasteiger partial charge in [0.15, 0.2) is 5.84 Å². The summed E-state index contributed by atoms with van der Waals surface area (Å²) in [6, 6.07) is 16.9. The van der Waals surface area contributed by atoms with Crippen molar-refractivity contribution in [2.75, 3.05) is 45.6 Å². The summed E-state index contributed by atoms with van der Waals surface area (Å²) in [6.45, 7) is 6.41. The average Bonchev–Trinajstić information content (AvgIpc) is 3.42. The number of amidine groups is 1. The third kappa shape index (κ3) is 7.26. The minimum absolute atomic E-state index is 0.0143. The lowest BCUT2D eigenvalue weighted by Gasteiger charge is -2.36. The summed E-state index contributed by atoms with van der Waals surface area (Å²) >= 11 is 12.6. The zero-order chi connectivity index (χ0) is 34.6. The van der Waals surface area contributed by atoms with Gasteiger partial charge in [-0.25, -0.2) is 22.5 Å². The number of aliphatic imine (C=N–C) groups is 1. The summed E-state index contributed by atoms with van der Waals surface area (Å²) in [7, 11) is -2.79. The van der Waals surface area contributed by atoms with E-state index in [-0.39, 0.29) is 43.3 Å². The molecule has 256 valence electrons. The monoisotopic (exact) mass is 716 g/mol. The van der Waals surface area contributed by atoms with Gasteiger partial charge < -0.3 is 19.5 Å². The molecule has 0 bridgehead atoms. The lowest BCUT2D eigenvalue weighted by atomic mass is 9.80. The molecule has 11 nitrogen and oxygen atoms in total. The molecule has 1 fully saturated rings. The zero-order valence-electron chi connectivity index (χ0n) is 27.1. The summed E-state index contributed by atoms with van der Waals surface area (Å²) in [5, 5.41) is 3.60. The van der Waals surface area contributed by atoms with E-state index >= 15 is 0 Å². The van der Waals surface area contributed by atoms with Gasteiger partial charge in [-0.3, -0.25) is 9.69 Å². The van der Waals surface area contributed by atoms with Crippen LogP contribution >= 0.6 is 23.2 Å². The highest BCUT2D eigenvalue weighted by atomic mass is 35.5. The molecule has 0 spiro atoms. The van der Waals surface area contributed by atoms with Crippen molar-refractivity contribution < 1.29 is 32.2 Å². The summed E-state index contributed by atoms with van der Waals surface area (Å²) in [5.41, 5.74) is -0.781. The smallest absolute Gasteiger partial charge is 0.341 e. The van der Waals surface area contributed by atoms with Crippen LogP contribution < -0.4 is 14.8 Å². The second kappa shape index (κ2) is 14.7. The summed E-state index contributed by atoms with van der Waals surface area (Å²) in [5.74, 6) is -0.544. The van der Waals surface area contributed by atoms with E-state index in [1.165, 1.54) is 11.4 Å². The summed E-state index contributed by atoms with van der Waals surface area (Å²) < 4.78 is 48.3. The molecule has 2 heterocycles. The summed E-state index contributed by atoms with van der Waals surface area (Å²) in [6.07, 6.45) is -0.300. The highest BCUT2D eigenvalue weighted by molar-refractivity contribution is 7.89. The third-order valence-electron chi connectivity index (χ3n) is 8.05. The standard InChI is InChI=1S/C34H38Cl2N4O7S/c1-5-46-33(42)34(24-8-12-26(36)13-9-24)31(23-6-10-25(35)11-7-23)40(48(43,44)19-18-39-17-16-37-30(41)21-39)32(38-34)28-15-14-27(45-4)20-29(28)47-22(2)3/h6-15,20,22,31H,5,16-19,21H2,1-4H3,(H,37,41)/t31-,34+/m0/s1. The van der Waals surface area contributed by atoms with Crippen molar-refractivity contribution in [1.82, 2.24) is 14.5 Å². The molecule has 0 aliphatic carbocycles. The van der Waals surface area contributed by atoms with Crippen LogP contribution in [0, 0.1) is 0 Å². The lowest BCUT2D eigenvalue weighted by molar-refractivity contribution is -0.151. The molecule has 3 aromatic rings. The van der Waals surface area contributed by atoms with Crippen LogP contribution in [0.3, 0.4) is 0 Å². The van der Waals surface area contributed by atoms with Crippen molar-refractivity contribution >= 4 is 50.9 Å². The van der Waals surface area contributed by atoms with Crippen molar-refractivity contribution in [3.05, 3.63) is 93.5 Å². The van der Waals surface area contributed by atoms with Gasteiger partial charge in [0.1, 0.15) is 17.5 Å². The van der Waals surface area contributed by atoms with Gasteiger partial charge in [-0.1, -0.05) is 47.5 Å². The highest BCUT2D eigenvalue weighted by Crippen LogP contribution is 2.52. The number of esters is 1. The van der Waals surface area contributed by atoms with Crippen molar-refractivity contribution in [2.24, 2.45) is 4.99 Å². The first-order chi connectivity index (χ1) is 22.9. The Morgan fingerprint density at radius 3 is 2.33 bits per heavy atom. The van der Waals surface area contributed by atoms with E-state index in [2.05, 4.69) is 5.32 Å². The molecule has 48 heavy (non-hydrogen) atoms. The number of hydrogen-bond donors (Lipinski definition) is 1. The molecular weight excluding hydrogens is 679 g/mol. The zero-order valence-corrected chi connectivity index (χ0v) is 29.4. The molecule has 3 aromatic carbocycles. The number of methoxy groups -OCH3 is 1. The molecule has 1 saturated heterocycles. The fourth-order valence-electron chi connectivity index (χ4n) is 5.90. The number of hydrogen-bond acceptors (Lipinski definition) is 9. The maximum atomic E-state index is 14.9. The number of nitrogens with one attached hydrogen (secondary N) is 1. The molecular formula is C34H38Cl2N4O7S. The number of benzene rings is 3. The van der Waals surface area contributed by atoms with E-state index in [0.29, 0.717) is 51.3 Å². The van der Waals surface area contributed by atoms with Crippen LogP contribution in [0.1, 0.15) is 43.5 Å². The second-order valence-corrected chi connectivity index (χ2v) is 14.5. The van der Waals surface area contributed by atoms with E-state index in [4.69, 9.17) is 42.4 Å². The molecule has 0 radical (unpaired) electrons. The minimum Gasteiger partial charge on any atom is -0.497 e. The lowest BCUT2D eigenvalue weighted by Crippen LogP contribution is -2.51. The van der Waals surface area contributed by atoms with E-state index in [1.807, 2.05) is 13.8 Å². The molecule has 0 unspecified atom stereocenters. The van der Waals surface area contributed by atoms with Crippen LogP contribution in [0.5, 0.6) is 11.5 Å². The number of piperazine rings is 1. The van der Waals surface area contributed by atoms with Gasteiger partial charge in [-0.2, -0.15) is 0 Å². The number of rotatable bonds is 12. The van der Waals surface area contributed by atoms with E-state index < -0.39 is 27.6 Å². The molecule has 1 N–H and O–H groups in total. The maximum Gasteiger partial charge on any atom is 0.341 e. The first kappa shape index (κ1) is 35.5. The first-order valence-electron chi connectivity index (χ1n) is 15.5. The number of carbonyl (C=O) groups excluding carboxylic acids is 2. The van der Waals surface area contributed by atoms with Crippen LogP contribution in [0.4, 0.5) is 0 Å². The van der Waals surface area contributed by atoms with Gasteiger partial charge in [-0.05, 0) is 68.3 Å². The number of nitrogens with zero attached hydrogens (tertiary/aromatic N) is 3. The number of carbonyl (C=O) groups is 2. The number of halogens is 2. The van der Waals surface area contributed by atoms with Crippen LogP contribution in [-0.2, 0) is 29.9 Å². The first-order valence-corrected chi connectivity index (χ1v) is 17.9. The molecule has 0 aromatic heterocycles. The van der Waals surface area contributed by atoms with Crippen molar-refractivity contribution in [1.29, 1.82) is 0 Å². The molecule has 1 amide bonds. The molecule has 2 aliphatic rings. The van der Waals surface area contributed by atoms with E-state index in [0.717, 1.165) is 0 Å². The van der Waals surface area contributed by atoms with Crippen LogP contribution in [-0.4, -0.2) is 87.1 Å². The molecule has 0 saturated carbocycles. The Kier molecular flexibility index (Phi) is 10.9. The Balaban J connectivity index is 1.81. The van der Waals surface area contributed by atoms with Gasteiger partial charge in [-0.15, -0.1) is 0 Å². The molecule has 2 atom stereocenters. The molecule has 14 heteroatoms. The van der Waals surface area contributed by atoms with Gasteiger partial charge in [0, 0.05) is 35.7 Å². The van der Waals surface area contributed by atoms with Crippen molar-refractivity contribution in [3.63, 3.8) is 0 Å². The fourth-order valence-corrected chi connectivity index (χ4v) is 7.83. The Bertz CT molecular complexity index is 1790. The minimum atomic E-state index is -4.30. The fraction of sp³-hybridized carbons (Fsp3) is 0.382. The maximum absolute atomic E-state index is 14.9. The quantitative estimate of drug-likeness (QED) is 0.265.